The van der Waals surface area contributed by atoms with Crippen LogP contribution in [0.1, 0.15) is 23.7 Å². The summed E-state index contributed by atoms with van der Waals surface area (Å²) in [5, 5.41) is 0. The molecular formula is C29H28BrN3O3. The summed E-state index contributed by atoms with van der Waals surface area (Å²) in [4.78, 5) is 19.7. The van der Waals surface area contributed by atoms with Crippen LogP contribution in [0.2, 0.25) is 0 Å². The number of hydrogen-bond donors (Lipinski definition) is 0. The van der Waals surface area contributed by atoms with Crippen molar-refractivity contribution in [1.29, 1.82) is 0 Å². The van der Waals surface area contributed by atoms with Crippen LogP contribution in [0.25, 0.3) is 11.0 Å². The van der Waals surface area contributed by atoms with Crippen LogP contribution < -0.4 is 14.4 Å². The van der Waals surface area contributed by atoms with Crippen LogP contribution in [0.5, 0.6) is 11.5 Å². The molecule has 184 valence electrons. The highest BCUT2D eigenvalue weighted by atomic mass is 79.9. The maximum Gasteiger partial charge on any atom is 0.227 e. The third-order valence-corrected chi connectivity index (χ3v) is 7.02. The summed E-state index contributed by atoms with van der Waals surface area (Å²) in [6.07, 6.45) is 3.07. The van der Waals surface area contributed by atoms with Crippen molar-refractivity contribution in [2.45, 2.75) is 25.3 Å². The van der Waals surface area contributed by atoms with E-state index in [-0.39, 0.29) is 11.8 Å². The normalized spacial score (nSPS) is 15.4. The molecule has 0 aliphatic carbocycles. The second kappa shape index (κ2) is 10.6. The van der Waals surface area contributed by atoms with Crippen molar-refractivity contribution in [3.63, 3.8) is 0 Å². The standard InChI is InChI=1S/C29H28BrN3O3/c1-3-6-20-9-14-26(27(17-20)35-2)36-16-15-32-25-8-5-4-7-24(25)31-29(32)21-18-28(34)33(19-21)23-12-10-22(30)11-13-23/h3-5,7-14,17,21H,1,6,15-16,18-19H2,2H3. The zero-order chi connectivity index (χ0) is 25.1. The molecule has 1 amide bonds. The predicted octanol–water partition coefficient (Wildman–Crippen LogP) is 6.14. The van der Waals surface area contributed by atoms with Crippen molar-refractivity contribution >= 4 is 38.6 Å². The second-order valence-corrected chi connectivity index (χ2v) is 9.73. The Kier molecular flexibility index (Phi) is 7.09. The molecule has 4 aromatic rings. The Morgan fingerprint density at radius 3 is 2.69 bits per heavy atom. The average molecular weight is 546 g/mol. The van der Waals surface area contributed by atoms with Crippen LogP contribution in [0.15, 0.2) is 83.9 Å². The summed E-state index contributed by atoms with van der Waals surface area (Å²) in [7, 11) is 1.65. The molecule has 2 heterocycles. The fourth-order valence-electron chi connectivity index (χ4n) is 4.76. The number of allylic oxidation sites excluding steroid dienone is 1. The number of halogens is 1. The van der Waals surface area contributed by atoms with Gasteiger partial charge in [0.2, 0.25) is 5.91 Å². The second-order valence-electron chi connectivity index (χ2n) is 8.82. The van der Waals surface area contributed by atoms with Crippen molar-refractivity contribution in [2.75, 3.05) is 25.2 Å². The SMILES string of the molecule is C=CCc1ccc(OCCn2c(C3CC(=O)N(c4ccc(Br)cc4)C3)nc3ccccc32)c(OC)c1. The van der Waals surface area contributed by atoms with E-state index < -0.39 is 0 Å². The van der Waals surface area contributed by atoms with Gasteiger partial charge in [-0.3, -0.25) is 4.79 Å². The average Bonchev–Trinajstić information content (AvgIpc) is 3.46. The van der Waals surface area contributed by atoms with Gasteiger partial charge in [0.15, 0.2) is 11.5 Å². The zero-order valence-corrected chi connectivity index (χ0v) is 21.8. The topological polar surface area (TPSA) is 56.6 Å². The Morgan fingerprint density at radius 2 is 1.92 bits per heavy atom. The molecule has 1 aliphatic heterocycles. The third kappa shape index (κ3) is 4.88. The molecule has 1 fully saturated rings. The summed E-state index contributed by atoms with van der Waals surface area (Å²) < 4.78 is 14.9. The number of para-hydroxylation sites is 2. The van der Waals surface area contributed by atoms with Gasteiger partial charge in [-0.05, 0) is 60.5 Å². The van der Waals surface area contributed by atoms with Crippen molar-refractivity contribution < 1.29 is 14.3 Å². The quantitative estimate of drug-likeness (QED) is 0.237. The van der Waals surface area contributed by atoms with E-state index in [0.717, 1.165) is 39.0 Å². The number of benzene rings is 3. The van der Waals surface area contributed by atoms with Gasteiger partial charge < -0.3 is 18.9 Å². The van der Waals surface area contributed by atoms with E-state index in [1.54, 1.807) is 7.11 Å². The number of anilines is 1. The molecule has 36 heavy (non-hydrogen) atoms. The first kappa shape index (κ1) is 24.1. The number of amides is 1. The Morgan fingerprint density at radius 1 is 1.11 bits per heavy atom. The Labute approximate surface area is 219 Å². The molecule has 6 nitrogen and oxygen atoms in total. The van der Waals surface area contributed by atoms with E-state index in [9.17, 15) is 4.79 Å². The number of rotatable bonds is 9. The van der Waals surface area contributed by atoms with Crippen LogP contribution in [-0.2, 0) is 17.8 Å². The Bertz CT molecular complexity index is 1400. The summed E-state index contributed by atoms with van der Waals surface area (Å²) in [5.74, 6) is 2.44. The fraction of sp³-hybridized carbons (Fsp3) is 0.241. The molecule has 1 unspecified atom stereocenters. The molecule has 1 aliphatic rings. The van der Waals surface area contributed by atoms with Gasteiger partial charge in [0.1, 0.15) is 12.4 Å². The minimum atomic E-state index is 0.00118. The van der Waals surface area contributed by atoms with E-state index in [4.69, 9.17) is 14.5 Å². The lowest BCUT2D eigenvalue weighted by atomic mass is 10.1. The van der Waals surface area contributed by atoms with Crippen molar-refractivity contribution in [1.82, 2.24) is 9.55 Å². The Balaban J connectivity index is 1.37. The molecule has 1 atom stereocenters. The molecule has 0 spiro atoms. The fourth-order valence-corrected chi connectivity index (χ4v) is 5.03. The number of imidazole rings is 1. The van der Waals surface area contributed by atoms with Gasteiger partial charge in [0.05, 0.1) is 24.7 Å². The van der Waals surface area contributed by atoms with Crippen LogP contribution in [0, 0.1) is 0 Å². The summed E-state index contributed by atoms with van der Waals surface area (Å²) in [6.45, 7) is 5.45. The van der Waals surface area contributed by atoms with Gasteiger partial charge in [0.25, 0.3) is 0 Å². The highest BCUT2D eigenvalue weighted by molar-refractivity contribution is 9.10. The first-order valence-corrected chi connectivity index (χ1v) is 12.8. The number of carbonyl (C=O) groups excluding carboxylic acids is 1. The lowest BCUT2D eigenvalue weighted by Gasteiger charge is -2.18. The van der Waals surface area contributed by atoms with Gasteiger partial charge in [-0.15, -0.1) is 6.58 Å². The first-order chi connectivity index (χ1) is 17.6. The van der Waals surface area contributed by atoms with Gasteiger partial charge in [-0.25, -0.2) is 4.98 Å². The minimum Gasteiger partial charge on any atom is -0.493 e. The molecule has 1 aromatic heterocycles. The number of ether oxygens (including phenoxy) is 2. The van der Waals surface area contributed by atoms with Crippen LogP contribution in [-0.4, -0.2) is 35.7 Å². The number of fused-ring (bicyclic) bond motifs is 1. The monoisotopic (exact) mass is 545 g/mol. The van der Waals surface area contributed by atoms with Crippen molar-refractivity contribution in [2.24, 2.45) is 0 Å². The molecule has 3 aromatic carbocycles. The predicted molar refractivity (Wildman–Crippen MR) is 146 cm³/mol. The van der Waals surface area contributed by atoms with Crippen molar-refractivity contribution in [3.05, 3.63) is 95.2 Å². The van der Waals surface area contributed by atoms with Gasteiger partial charge >= 0.3 is 0 Å². The number of hydrogen-bond acceptors (Lipinski definition) is 4. The molecular weight excluding hydrogens is 518 g/mol. The van der Waals surface area contributed by atoms with E-state index in [1.165, 1.54) is 0 Å². The van der Waals surface area contributed by atoms with Gasteiger partial charge in [0, 0.05) is 29.0 Å². The maximum atomic E-state index is 12.9. The lowest BCUT2D eigenvalue weighted by molar-refractivity contribution is -0.117. The van der Waals surface area contributed by atoms with Crippen LogP contribution in [0.4, 0.5) is 5.69 Å². The minimum absolute atomic E-state index is 0.00118. The zero-order valence-electron chi connectivity index (χ0n) is 20.2. The van der Waals surface area contributed by atoms with E-state index >= 15 is 0 Å². The molecule has 0 saturated carbocycles. The Hall–Kier alpha value is -3.58. The molecule has 5 rings (SSSR count). The van der Waals surface area contributed by atoms with E-state index in [0.29, 0.717) is 37.6 Å². The number of methoxy groups -OCH3 is 1. The lowest BCUT2D eigenvalue weighted by Crippen LogP contribution is -2.24. The number of nitrogens with zero attached hydrogens (tertiary/aromatic N) is 3. The number of carbonyl (C=O) groups is 1. The summed E-state index contributed by atoms with van der Waals surface area (Å²) in [5.41, 5.74) is 3.99. The van der Waals surface area contributed by atoms with Crippen LogP contribution >= 0.6 is 15.9 Å². The van der Waals surface area contributed by atoms with Crippen molar-refractivity contribution in [3.8, 4) is 11.5 Å². The third-order valence-electron chi connectivity index (χ3n) is 6.49. The summed E-state index contributed by atoms with van der Waals surface area (Å²) >= 11 is 3.47. The molecule has 0 bridgehead atoms. The first-order valence-electron chi connectivity index (χ1n) is 12.0. The van der Waals surface area contributed by atoms with Gasteiger partial charge in [-0.1, -0.05) is 40.2 Å². The molecule has 1 saturated heterocycles. The molecule has 0 radical (unpaired) electrons. The largest absolute Gasteiger partial charge is 0.493 e. The van der Waals surface area contributed by atoms with Crippen LogP contribution in [0.3, 0.4) is 0 Å². The van der Waals surface area contributed by atoms with Gasteiger partial charge in [-0.2, -0.15) is 0 Å². The molecule has 7 heteroatoms. The maximum absolute atomic E-state index is 12.9. The number of aromatic nitrogens is 2. The highest BCUT2D eigenvalue weighted by Crippen LogP contribution is 2.34. The molecule has 0 N–H and O–H groups in total. The van der Waals surface area contributed by atoms with E-state index in [2.05, 4.69) is 33.1 Å². The van der Waals surface area contributed by atoms with E-state index in [1.807, 2.05) is 71.6 Å². The highest BCUT2D eigenvalue weighted by Gasteiger charge is 2.34. The summed E-state index contributed by atoms with van der Waals surface area (Å²) in [6, 6.07) is 21.9. The smallest absolute Gasteiger partial charge is 0.227 e.